The van der Waals surface area contributed by atoms with Gasteiger partial charge in [0.1, 0.15) is 0 Å². The molecule has 0 bridgehead atoms. The molecule has 1 aromatic carbocycles. The standard InChI is InChI=1S/C8H5N2O/c11-8-9-5-6-3-1-2-4-7(6)10-8/h1-5H. The average molecular weight is 145 g/mol. The minimum Gasteiger partial charge on any atom is -0.244 e. The molecule has 0 unspecified atom stereocenters. The highest BCUT2D eigenvalue weighted by atomic mass is 16.2. The Bertz CT molecular complexity index is 408. The van der Waals surface area contributed by atoms with E-state index in [4.69, 9.17) is 0 Å². The summed E-state index contributed by atoms with van der Waals surface area (Å²) in [7, 11) is 0. The normalized spacial score (nSPS) is 14.0. The molecule has 1 aliphatic rings. The van der Waals surface area contributed by atoms with Gasteiger partial charge in [0, 0.05) is 11.4 Å². The first kappa shape index (κ1) is 6.09. The van der Waals surface area contributed by atoms with Gasteiger partial charge in [0.15, 0.2) is 0 Å². The van der Waals surface area contributed by atoms with Crippen LogP contribution in [0.2, 0.25) is 0 Å². The molecule has 53 valence electrons. The molecule has 1 aliphatic heterocycles. The van der Waals surface area contributed by atoms with Crippen molar-refractivity contribution in [2.24, 2.45) is 4.99 Å². The summed E-state index contributed by atoms with van der Waals surface area (Å²) < 4.78 is 0. The Labute approximate surface area is 63.1 Å². The van der Waals surface area contributed by atoms with Crippen LogP contribution < -0.4 is 15.9 Å². The number of benzene rings is 1. The summed E-state index contributed by atoms with van der Waals surface area (Å²) in [5, 5.41) is 5.14. The molecule has 3 heteroatoms. The molecule has 0 saturated carbocycles. The van der Waals surface area contributed by atoms with Crippen LogP contribution in [-0.4, -0.2) is 6.03 Å². The van der Waals surface area contributed by atoms with Crippen molar-refractivity contribution in [1.29, 1.82) is 0 Å². The third-order valence-corrected chi connectivity index (χ3v) is 1.47. The fraction of sp³-hybridized carbons (Fsp3) is 0. The summed E-state index contributed by atoms with van der Waals surface area (Å²) >= 11 is 0. The monoisotopic (exact) mass is 145 g/mol. The van der Waals surface area contributed by atoms with E-state index in [1.165, 1.54) is 6.20 Å². The number of fused-ring (bicyclic) bond motifs is 1. The Balaban J connectivity index is 2.83. The average Bonchev–Trinajstić information content (AvgIpc) is 2.04. The summed E-state index contributed by atoms with van der Waals surface area (Å²) in [5.41, 5.74) is 0. The SMILES string of the molecule is O=C1[N]C=c2ccccc2=N1. The fourth-order valence-corrected chi connectivity index (χ4v) is 0.955. The highest BCUT2D eigenvalue weighted by Crippen LogP contribution is 1.80. The highest BCUT2D eigenvalue weighted by Gasteiger charge is 2.00. The summed E-state index contributed by atoms with van der Waals surface area (Å²) in [5.74, 6) is 0. The quantitative estimate of drug-likeness (QED) is 0.497. The molecule has 0 aliphatic carbocycles. The largest absolute Gasteiger partial charge is 0.367 e. The van der Waals surface area contributed by atoms with E-state index in [1.807, 2.05) is 18.2 Å². The first-order valence-electron chi connectivity index (χ1n) is 3.25. The lowest BCUT2D eigenvalue weighted by Gasteiger charge is -1.95. The van der Waals surface area contributed by atoms with Gasteiger partial charge in [-0.2, -0.15) is 10.3 Å². The number of amides is 2. The molecule has 0 atom stereocenters. The third-order valence-electron chi connectivity index (χ3n) is 1.47. The number of urea groups is 1. The van der Waals surface area contributed by atoms with Crippen molar-refractivity contribution in [3.8, 4) is 0 Å². The topological polar surface area (TPSA) is 43.5 Å². The third kappa shape index (κ3) is 1.00. The van der Waals surface area contributed by atoms with Crippen LogP contribution in [0.3, 0.4) is 0 Å². The number of carbonyl (C=O) groups excluding carboxylic acids is 1. The van der Waals surface area contributed by atoms with Gasteiger partial charge < -0.3 is 0 Å². The van der Waals surface area contributed by atoms with Crippen LogP contribution in [0.15, 0.2) is 29.3 Å². The van der Waals surface area contributed by atoms with Gasteiger partial charge in [0.2, 0.25) is 0 Å². The molecule has 3 nitrogen and oxygen atoms in total. The van der Waals surface area contributed by atoms with Gasteiger partial charge in [-0.1, -0.05) is 18.2 Å². The molecule has 1 aromatic rings. The molecule has 0 spiro atoms. The number of carbonyl (C=O) groups is 1. The van der Waals surface area contributed by atoms with Crippen molar-refractivity contribution in [3.63, 3.8) is 0 Å². The summed E-state index contributed by atoms with van der Waals surface area (Å²) in [6, 6.07) is 6.96. The minimum absolute atomic E-state index is 0.427. The van der Waals surface area contributed by atoms with E-state index in [2.05, 4.69) is 10.3 Å². The summed E-state index contributed by atoms with van der Waals surface area (Å²) in [4.78, 5) is 14.4. The van der Waals surface area contributed by atoms with Crippen molar-refractivity contribution < 1.29 is 4.79 Å². The van der Waals surface area contributed by atoms with Crippen molar-refractivity contribution in [2.45, 2.75) is 0 Å². The number of para-hydroxylation sites is 1. The van der Waals surface area contributed by atoms with Gasteiger partial charge in [-0.3, -0.25) is 0 Å². The van der Waals surface area contributed by atoms with E-state index in [1.54, 1.807) is 6.07 Å². The van der Waals surface area contributed by atoms with Crippen LogP contribution in [-0.2, 0) is 0 Å². The van der Waals surface area contributed by atoms with Gasteiger partial charge in [0.05, 0.1) is 5.36 Å². The first-order chi connectivity index (χ1) is 5.36. The zero-order valence-electron chi connectivity index (χ0n) is 5.69. The summed E-state index contributed by atoms with van der Waals surface area (Å²) in [6.45, 7) is 0. The zero-order chi connectivity index (χ0) is 7.68. The Kier molecular flexibility index (Phi) is 1.22. The second-order valence-electron chi connectivity index (χ2n) is 2.21. The maximum atomic E-state index is 10.7. The lowest BCUT2D eigenvalue weighted by molar-refractivity contribution is 0.251. The Hall–Kier alpha value is -1.64. The van der Waals surface area contributed by atoms with Gasteiger partial charge in [0.25, 0.3) is 0 Å². The maximum Gasteiger partial charge on any atom is 0.367 e. The van der Waals surface area contributed by atoms with Crippen LogP contribution in [0.1, 0.15) is 0 Å². The van der Waals surface area contributed by atoms with Gasteiger partial charge in [-0.15, -0.1) is 0 Å². The van der Waals surface area contributed by atoms with Crippen LogP contribution in [0.25, 0.3) is 6.20 Å². The van der Waals surface area contributed by atoms with E-state index in [-0.39, 0.29) is 0 Å². The number of nitrogens with zero attached hydrogens (tertiary/aromatic N) is 2. The maximum absolute atomic E-state index is 10.7. The first-order valence-corrected chi connectivity index (χ1v) is 3.25. The Morgan fingerprint density at radius 2 is 2.00 bits per heavy atom. The fourth-order valence-electron chi connectivity index (χ4n) is 0.955. The van der Waals surface area contributed by atoms with Crippen molar-refractivity contribution in [3.05, 3.63) is 34.8 Å². The van der Waals surface area contributed by atoms with Crippen LogP contribution >= 0.6 is 0 Å². The molecule has 2 amide bonds. The van der Waals surface area contributed by atoms with E-state index < -0.39 is 6.03 Å². The lowest BCUT2D eigenvalue weighted by Crippen LogP contribution is -2.32. The predicted molar refractivity (Wildman–Crippen MR) is 39.2 cm³/mol. The van der Waals surface area contributed by atoms with E-state index in [0.29, 0.717) is 5.36 Å². The highest BCUT2D eigenvalue weighted by molar-refractivity contribution is 5.79. The minimum atomic E-state index is -0.427. The molecular formula is C8H5N2O. The second kappa shape index (κ2) is 2.20. The van der Waals surface area contributed by atoms with Crippen molar-refractivity contribution >= 4 is 12.2 Å². The molecule has 0 fully saturated rings. The second-order valence-corrected chi connectivity index (χ2v) is 2.21. The van der Waals surface area contributed by atoms with E-state index in [0.717, 1.165) is 5.22 Å². The Morgan fingerprint density at radius 1 is 1.18 bits per heavy atom. The molecule has 11 heavy (non-hydrogen) atoms. The van der Waals surface area contributed by atoms with Gasteiger partial charge >= 0.3 is 6.03 Å². The van der Waals surface area contributed by atoms with Gasteiger partial charge in [-0.05, 0) is 6.07 Å². The molecule has 1 radical (unpaired) electrons. The van der Waals surface area contributed by atoms with Crippen molar-refractivity contribution in [1.82, 2.24) is 5.32 Å². The zero-order valence-corrected chi connectivity index (χ0v) is 5.69. The predicted octanol–water partition coefficient (Wildman–Crippen LogP) is -0.218. The van der Waals surface area contributed by atoms with Gasteiger partial charge in [-0.25, -0.2) is 4.79 Å². The van der Waals surface area contributed by atoms with Crippen LogP contribution in [0, 0.1) is 0 Å². The van der Waals surface area contributed by atoms with E-state index >= 15 is 0 Å². The smallest absolute Gasteiger partial charge is 0.244 e. The van der Waals surface area contributed by atoms with Crippen LogP contribution in [0.4, 0.5) is 4.79 Å². The number of rotatable bonds is 0. The molecular weight excluding hydrogens is 140 g/mol. The molecule has 0 N–H and O–H groups in total. The summed E-state index contributed by atoms with van der Waals surface area (Å²) in [6.07, 6.45) is 1.53. The molecule has 0 aromatic heterocycles. The lowest BCUT2D eigenvalue weighted by atomic mass is 10.3. The molecule has 1 heterocycles. The molecule has 0 saturated heterocycles. The Morgan fingerprint density at radius 3 is 2.91 bits per heavy atom. The van der Waals surface area contributed by atoms with Crippen LogP contribution in [0.5, 0.6) is 0 Å². The number of hydrogen-bond donors (Lipinski definition) is 0. The van der Waals surface area contributed by atoms with E-state index in [9.17, 15) is 4.79 Å². The molecule has 2 rings (SSSR count). The number of hydrogen-bond acceptors (Lipinski definition) is 1. The van der Waals surface area contributed by atoms with Crippen molar-refractivity contribution in [2.75, 3.05) is 0 Å².